The van der Waals surface area contributed by atoms with Gasteiger partial charge in [-0.25, -0.2) is 0 Å². The van der Waals surface area contributed by atoms with E-state index in [9.17, 15) is 5.11 Å². The van der Waals surface area contributed by atoms with Gasteiger partial charge in [-0.15, -0.1) is 0 Å². The van der Waals surface area contributed by atoms with E-state index in [1.165, 1.54) is 11.1 Å². The van der Waals surface area contributed by atoms with Crippen LogP contribution in [-0.4, -0.2) is 22.3 Å². The Kier molecular flexibility index (Phi) is 4.31. The van der Waals surface area contributed by atoms with Crippen molar-refractivity contribution in [2.75, 3.05) is 0 Å². The summed E-state index contributed by atoms with van der Waals surface area (Å²) in [5.74, 6) is -0.833. The summed E-state index contributed by atoms with van der Waals surface area (Å²) < 4.78 is 0. The monoisotopic (exact) mass is 208 g/mol. The van der Waals surface area contributed by atoms with Crippen molar-refractivity contribution in [3.8, 4) is 0 Å². The average molecular weight is 208 g/mol. The molecule has 1 aromatic carbocycles. The molecule has 0 aliphatic heterocycles. The number of hydrogen-bond donors (Lipinski definition) is 2. The number of carboxylic acids is 1. The Morgan fingerprint density at radius 1 is 1.33 bits per heavy atom. The van der Waals surface area contributed by atoms with Crippen molar-refractivity contribution < 1.29 is 15.0 Å². The molecule has 3 nitrogen and oxygen atoms in total. The van der Waals surface area contributed by atoms with Crippen LogP contribution >= 0.6 is 0 Å². The largest absolute Gasteiger partial charge is 0.481 e. The molecule has 1 aliphatic rings. The van der Waals surface area contributed by atoms with Crippen molar-refractivity contribution in [2.45, 2.75) is 32.3 Å². The second-order valence-electron chi connectivity index (χ2n) is 3.68. The summed E-state index contributed by atoms with van der Waals surface area (Å²) in [5.41, 5.74) is 2.74. The molecule has 0 spiro atoms. The topological polar surface area (TPSA) is 57.5 Å². The summed E-state index contributed by atoms with van der Waals surface area (Å²) in [5, 5.41) is 16.8. The Morgan fingerprint density at radius 3 is 2.47 bits per heavy atom. The smallest absolute Gasteiger partial charge is 0.300 e. The molecule has 2 N–H and O–H groups in total. The number of aliphatic hydroxyl groups excluding tert-OH is 1. The Bertz CT molecular complexity index is 329. The summed E-state index contributed by atoms with van der Waals surface area (Å²) in [4.78, 5) is 9.00. The summed E-state index contributed by atoms with van der Waals surface area (Å²) in [6.45, 7) is 1.08. The Labute approximate surface area is 89.4 Å². The molecule has 0 amide bonds. The number of aryl methyl sites for hydroxylation is 1. The molecule has 0 radical (unpaired) electrons. The summed E-state index contributed by atoms with van der Waals surface area (Å²) in [6, 6.07) is 8.37. The van der Waals surface area contributed by atoms with Crippen LogP contribution < -0.4 is 0 Å². The number of carboxylic acid groups (broad SMARTS) is 1. The highest BCUT2D eigenvalue weighted by Crippen LogP contribution is 2.20. The van der Waals surface area contributed by atoms with Gasteiger partial charge in [0.25, 0.3) is 5.97 Å². The van der Waals surface area contributed by atoms with Gasteiger partial charge in [0.05, 0.1) is 6.10 Å². The molecule has 2 rings (SSSR count). The van der Waals surface area contributed by atoms with Crippen molar-refractivity contribution in [2.24, 2.45) is 0 Å². The van der Waals surface area contributed by atoms with E-state index in [0.717, 1.165) is 26.2 Å². The van der Waals surface area contributed by atoms with Gasteiger partial charge in [0.15, 0.2) is 0 Å². The van der Waals surface area contributed by atoms with Gasteiger partial charge in [-0.05, 0) is 30.4 Å². The number of rotatable bonds is 0. The molecule has 0 aromatic heterocycles. The average Bonchev–Trinajstić information content (AvgIpc) is 2.16. The Hall–Kier alpha value is -1.35. The lowest BCUT2D eigenvalue weighted by atomic mass is 9.90. The number of fused-ring (bicyclic) bond motifs is 1. The zero-order valence-corrected chi connectivity index (χ0v) is 8.81. The highest BCUT2D eigenvalue weighted by Gasteiger charge is 2.14. The van der Waals surface area contributed by atoms with Crippen LogP contribution in [0.3, 0.4) is 0 Å². The molecular formula is C12H16O3. The molecule has 1 aromatic rings. The minimum atomic E-state index is -0.833. The molecule has 1 unspecified atom stereocenters. The quantitative estimate of drug-likeness (QED) is 0.681. The van der Waals surface area contributed by atoms with Crippen molar-refractivity contribution >= 4 is 5.97 Å². The third kappa shape index (κ3) is 4.13. The number of benzene rings is 1. The number of aliphatic hydroxyl groups is 1. The summed E-state index contributed by atoms with van der Waals surface area (Å²) >= 11 is 0. The van der Waals surface area contributed by atoms with E-state index in [4.69, 9.17) is 9.90 Å². The van der Waals surface area contributed by atoms with E-state index < -0.39 is 5.97 Å². The highest BCUT2D eigenvalue weighted by molar-refractivity contribution is 5.62. The lowest BCUT2D eigenvalue weighted by molar-refractivity contribution is -0.134. The second-order valence-corrected chi connectivity index (χ2v) is 3.68. The van der Waals surface area contributed by atoms with Crippen molar-refractivity contribution in [1.82, 2.24) is 0 Å². The minimum Gasteiger partial charge on any atom is -0.481 e. The van der Waals surface area contributed by atoms with Gasteiger partial charge in [-0.2, -0.15) is 0 Å². The van der Waals surface area contributed by atoms with E-state index in [-0.39, 0.29) is 6.10 Å². The van der Waals surface area contributed by atoms with Gasteiger partial charge in [0, 0.05) is 6.92 Å². The zero-order valence-electron chi connectivity index (χ0n) is 8.81. The Balaban J connectivity index is 0.000000245. The van der Waals surface area contributed by atoms with Crippen LogP contribution in [0.1, 0.15) is 24.5 Å². The van der Waals surface area contributed by atoms with E-state index >= 15 is 0 Å². The SMILES string of the molecule is CC(=O)O.OC1CCc2ccccc2C1. The molecule has 0 saturated carbocycles. The molecule has 0 heterocycles. The third-order valence-corrected chi connectivity index (χ3v) is 2.32. The van der Waals surface area contributed by atoms with Crippen LogP contribution in [0.25, 0.3) is 0 Å². The number of hydrogen-bond acceptors (Lipinski definition) is 2. The first-order valence-electron chi connectivity index (χ1n) is 5.04. The van der Waals surface area contributed by atoms with Gasteiger partial charge in [0.2, 0.25) is 0 Å². The molecule has 0 saturated heterocycles. The van der Waals surface area contributed by atoms with E-state index in [2.05, 4.69) is 18.2 Å². The van der Waals surface area contributed by atoms with Crippen molar-refractivity contribution in [1.29, 1.82) is 0 Å². The summed E-state index contributed by atoms with van der Waals surface area (Å²) in [7, 11) is 0. The molecule has 0 bridgehead atoms. The molecule has 82 valence electrons. The lowest BCUT2D eigenvalue weighted by Gasteiger charge is -2.19. The molecule has 1 aliphatic carbocycles. The predicted molar refractivity (Wildman–Crippen MR) is 57.8 cm³/mol. The summed E-state index contributed by atoms with van der Waals surface area (Å²) in [6.07, 6.45) is 2.70. The van der Waals surface area contributed by atoms with Gasteiger partial charge < -0.3 is 10.2 Å². The van der Waals surface area contributed by atoms with Crippen molar-refractivity contribution in [3.05, 3.63) is 35.4 Å². The first-order chi connectivity index (χ1) is 7.09. The first kappa shape index (κ1) is 11.7. The molecule has 1 atom stereocenters. The van der Waals surface area contributed by atoms with E-state index in [0.29, 0.717) is 0 Å². The van der Waals surface area contributed by atoms with Gasteiger partial charge in [-0.3, -0.25) is 4.79 Å². The lowest BCUT2D eigenvalue weighted by Crippen LogP contribution is -2.18. The number of carbonyl (C=O) groups is 1. The third-order valence-electron chi connectivity index (χ3n) is 2.32. The zero-order chi connectivity index (χ0) is 11.3. The molecule has 15 heavy (non-hydrogen) atoms. The van der Waals surface area contributed by atoms with Crippen LogP contribution in [0.4, 0.5) is 0 Å². The maximum absolute atomic E-state index is 9.36. The molecular weight excluding hydrogens is 192 g/mol. The van der Waals surface area contributed by atoms with Crippen LogP contribution in [0.2, 0.25) is 0 Å². The van der Waals surface area contributed by atoms with Crippen LogP contribution in [0, 0.1) is 0 Å². The Morgan fingerprint density at radius 2 is 1.87 bits per heavy atom. The van der Waals surface area contributed by atoms with E-state index in [1.807, 2.05) is 6.07 Å². The molecule has 3 heteroatoms. The predicted octanol–water partition coefficient (Wildman–Crippen LogP) is 1.63. The highest BCUT2D eigenvalue weighted by atomic mass is 16.4. The standard InChI is InChI=1S/C10H12O.C2H4O2/c11-10-6-5-8-3-1-2-4-9(8)7-10;1-2(3)4/h1-4,10-11H,5-7H2;1H3,(H,3,4). The maximum atomic E-state index is 9.36. The van der Waals surface area contributed by atoms with Crippen LogP contribution in [0.15, 0.2) is 24.3 Å². The fourth-order valence-corrected chi connectivity index (χ4v) is 1.68. The minimum absolute atomic E-state index is 0.107. The maximum Gasteiger partial charge on any atom is 0.300 e. The first-order valence-corrected chi connectivity index (χ1v) is 5.04. The van der Waals surface area contributed by atoms with Crippen LogP contribution in [-0.2, 0) is 17.6 Å². The van der Waals surface area contributed by atoms with Crippen molar-refractivity contribution in [3.63, 3.8) is 0 Å². The van der Waals surface area contributed by atoms with E-state index in [1.54, 1.807) is 0 Å². The van der Waals surface area contributed by atoms with Gasteiger partial charge >= 0.3 is 0 Å². The normalized spacial score (nSPS) is 18.4. The second kappa shape index (κ2) is 5.51. The fraction of sp³-hybridized carbons (Fsp3) is 0.417. The fourth-order valence-electron chi connectivity index (χ4n) is 1.68. The number of aliphatic carboxylic acids is 1. The molecule has 0 fully saturated rings. The van der Waals surface area contributed by atoms with Crippen LogP contribution in [0.5, 0.6) is 0 Å². The van der Waals surface area contributed by atoms with Gasteiger partial charge in [0.1, 0.15) is 0 Å². The van der Waals surface area contributed by atoms with Gasteiger partial charge in [-0.1, -0.05) is 24.3 Å².